The standard InChI is InChI=1S/C24H21ClN6O3/c1-3-33-16-8-14(5-4-6-26)7-15(25)19(16)34-21-17-13(2)28-20(32)18(17)29-22(30-21)31-24-9-23(10-24,11-24)12-27/h4-5,7-8,13H,3,9-11H2,1-2H3,(H,28,32)(H,29,30,31)/b5-4+/t13-,23?,24?/m0/s1. The number of nitriles is 2. The van der Waals surface area contributed by atoms with Crippen molar-refractivity contribution in [1.29, 1.82) is 10.5 Å². The van der Waals surface area contributed by atoms with Gasteiger partial charge >= 0.3 is 0 Å². The van der Waals surface area contributed by atoms with Gasteiger partial charge in [0.15, 0.2) is 11.5 Å². The van der Waals surface area contributed by atoms with E-state index in [9.17, 15) is 10.1 Å². The highest BCUT2D eigenvalue weighted by molar-refractivity contribution is 6.32. The van der Waals surface area contributed by atoms with E-state index >= 15 is 0 Å². The van der Waals surface area contributed by atoms with E-state index in [1.165, 1.54) is 6.08 Å². The summed E-state index contributed by atoms with van der Waals surface area (Å²) in [5, 5.41) is 24.6. The van der Waals surface area contributed by atoms with Crippen molar-refractivity contribution in [3.8, 4) is 29.5 Å². The number of amides is 1. The molecule has 2 aromatic rings. The molecular formula is C24H21ClN6O3. The first-order valence-electron chi connectivity index (χ1n) is 10.9. The number of benzene rings is 1. The number of hydrogen-bond acceptors (Lipinski definition) is 8. The molecule has 3 aliphatic carbocycles. The lowest BCUT2D eigenvalue weighted by molar-refractivity contribution is -0.0665. The summed E-state index contributed by atoms with van der Waals surface area (Å²) in [6.45, 7) is 4.03. The van der Waals surface area contributed by atoms with Crippen LogP contribution in [0.25, 0.3) is 6.08 Å². The molecule has 9 nitrogen and oxygen atoms in total. The van der Waals surface area contributed by atoms with Crippen molar-refractivity contribution >= 4 is 29.5 Å². The molecule has 1 aromatic carbocycles. The number of halogens is 1. The first-order valence-corrected chi connectivity index (χ1v) is 11.3. The zero-order chi connectivity index (χ0) is 24.1. The van der Waals surface area contributed by atoms with Crippen molar-refractivity contribution in [2.75, 3.05) is 11.9 Å². The molecular weight excluding hydrogens is 456 g/mol. The van der Waals surface area contributed by atoms with Gasteiger partial charge < -0.3 is 20.1 Å². The number of nitrogens with zero attached hydrogens (tertiary/aromatic N) is 4. The molecule has 1 atom stereocenters. The maximum atomic E-state index is 12.6. The van der Waals surface area contributed by atoms with Crippen LogP contribution >= 0.6 is 11.6 Å². The summed E-state index contributed by atoms with van der Waals surface area (Å²) in [5.74, 6) is 0.798. The van der Waals surface area contributed by atoms with Gasteiger partial charge in [-0.25, -0.2) is 4.98 Å². The number of fused-ring (bicyclic) bond motifs is 1. The summed E-state index contributed by atoms with van der Waals surface area (Å²) in [5.41, 5.74) is 0.997. The average Bonchev–Trinajstić information content (AvgIpc) is 3.04. The van der Waals surface area contributed by atoms with Crippen molar-refractivity contribution in [2.24, 2.45) is 5.41 Å². The van der Waals surface area contributed by atoms with Crippen molar-refractivity contribution in [1.82, 2.24) is 15.3 Å². The first-order chi connectivity index (χ1) is 16.3. The van der Waals surface area contributed by atoms with Crippen LogP contribution in [0.2, 0.25) is 5.02 Å². The van der Waals surface area contributed by atoms with E-state index in [1.807, 2.05) is 19.9 Å². The van der Waals surface area contributed by atoms with Crippen molar-refractivity contribution in [2.45, 2.75) is 44.7 Å². The average molecular weight is 477 g/mol. The number of carbonyl (C=O) groups excluding carboxylic acids is 1. The van der Waals surface area contributed by atoms with Gasteiger partial charge in [-0.3, -0.25) is 4.79 Å². The van der Waals surface area contributed by atoms with Crippen LogP contribution in [0.1, 0.15) is 60.8 Å². The van der Waals surface area contributed by atoms with E-state index in [-0.39, 0.29) is 51.2 Å². The van der Waals surface area contributed by atoms with E-state index in [1.54, 1.807) is 18.2 Å². The van der Waals surface area contributed by atoms with Crippen LogP contribution in [0.5, 0.6) is 17.4 Å². The molecule has 4 aliphatic rings. The maximum absolute atomic E-state index is 12.6. The summed E-state index contributed by atoms with van der Waals surface area (Å²) < 4.78 is 11.9. The Bertz CT molecular complexity index is 1310. The van der Waals surface area contributed by atoms with Crippen molar-refractivity contribution < 1.29 is 14.3 Å². The summed E-state index contributed by atoms with van der Waals surface area (Å²) >= 11 is 6.54. The van der Waals surface area contributed by atoms with Crippen LogP contribution in [-0.2, 0) is 0 Å². The summed E-state index contributed by atoms with van der Waals surface area (Å²) in [4.78, 5) is 21.6. The maximum Gasteiger partial charge on any atom is 0.271 e. The summed E-state index contributed by atoms with van der Waals surface area (Å²) in [6.07, 6.45) is 5.15. The molecule has 1 aromatic heterocycles. The number of aromatic nitrogens is 2. The lowest BCUT2D eigenvalue weighted by atomic mass is 9.40. The fourth-order valence-corrected chi connectivity index (χ4v) is 5.29. The second kappa shape index (κ2) is 7.89. The summed E-state index contributed by atoms with van der Waals surface area (Å²) in [7, 11) is 0. The Labute approximate surface area is 201 Å². The normalized spacial score (nSPS) is 25.9. The topological polar surface area (TPSA) is 133 Å². The highest BCUT2D eigenvalue weighted by Gasteiger charge is 2.69. The zero-order valence-electron chi connectivity index (χ0n) is 18.6. The Balaban J connectivity index is 1.53. The third-order valence-electron chi connectivity index (χ3n) is 6.43. The minimum atomic E-state index is -0.351. The van der Waals surface area contributed by atoms with Gasteiger partial charge in [-0.2, -0.15) is 15.5 Å². The second-order valence-electron chi connectivity index (χ2n) is 8.97. The smallest absolute Gasteiger partial charge is 0.271 e. The molecule has 0 radical (unpaired) electrons. The molecule has 0 unspecified atom stereocenters. The summed E-state index contributed by atoms with van der Waals surface area (Å²) in [6, 6.07) is 7.34. The highest BCUT2D eigenvalue weighted by atomic mass is 35.5. The highest BCUT2D eigenvalue weighted by Crippen LogP contribution is 2.67. The monoisotopic (exact) mass is 476 g/mol. The Hall–Kier alpha value is -3.82. The minimum Gasteiger partial charge on any atom is -0.490 e. The van der Waals surface area contributed by atoms with Crippen LogP contribution in [-0.4, -0.2) is 28.0 Å². The van der Waals surface area contributed by atoms with Gasteiger partial charge in [0.2, 0.25) is 11.8 Å². The number of carbonyl (C=O) groups is 1. The molecule has 3 fully saturated rings. The number of anilines is 1. The Morgan fingerprint density at radius 3 is 2.76 bits per heavy atom. The number of allylic oxidation sites excluding steroid dienone is 1. The van der Waals surface area contributed by atoms with Gasteiger partial charge in [-0.1, -0.05) is 11.6 Å². The van der Waals surface area contributed by atoms with Gasteiger partial charge in [-0.15, -0.1) is 0 Å². The molecule has 3 saturated carbocycles. The van der Waals surface area contributed by atoms with Gasteiger partial charge in [0.1, 0.15) is 5.69 Å². The molecule has 2 N–H and O–H groups in total. The molecule has 1 amide bonds. The predicted molar refractivity (Wildman–Crippen MR) is 124 cm³/mol. The Kier molecular flexibility index (Phi) is 5.11. The molecule has 1 aliphatic heterocycles. The third kappa shape index (κ3) is 3.49. The van der Waals surface area contributed by atoms with E-state index < -0.39 is 0 Å². The minimum absolute atomic E-state index is 0.197. The third-order valence-corrected chi connectivity index (χ3v) is 6.71. The van der Waals surface area contributed by atoms with E-state index in [0.29, 0.717) is 23.5 Å². The Morgan fingerprint density at radius 2 is 2.09 bits per heavy atom. The molecule has 34 heavy (non-hydrogen) atoms. The molecule has 172 valence electrons. The zero-order valence-corrected chi connectivity index (χ0v) is 19.4. The van der Waals surface area contributed by atoms with E-state index in [0.717, 1.165) is 19.3 Å². The lowest BCUT2D eigenvalue weighted by Gasteiger charge is -2.66. The van der Waals surface area contributed by atoms with E-state index in [4.69, 9.17) is 26.3 Å². The largest absolute Gasteiger partial charge is 0.490 e. The van der Waals surface area contributed by atoms with Crippen molar-refractivity contribution in [3.05, 3.63) is 40.1 Å². The van der Waals surface area contributed by atoms with Crippen LogP contribution in [0.3, 0.4) is 0 Å². The van der Waals surface area contributed by atoms with Gasteiger partial charge in [0.05, 0.1) is 40.8 Å². The van der Waals surface area contributed by atoms with Gasteiger partial charge in [0, 0.05) is 11.6 Å². The molecule has 6 rings (SSSR count). The lowest BCUT2D eigenvalue weighted by Crippen LogP contribution is -2.70. The fourth-order valence-electron chi connectivity index (χ4n) is 5.04. The second-order valence-corrected chi connectivity index (χ2v) is 9.37. The predicted octanol–water partition coefficient (Wildman–Crippen LogP) is 4.52. The van der Waals surface area contributed by atoms with Crippen LogP contribution in [0.15, 0.2) is 18.2 Å². The Morgan fingerprint density at radius 1 is 1.32 bits per heavy atom. The number of ether oxygens (including phenoxy) is 2. The molecule has 10 heteroatoms. The van der Waals surface area contributed by atoms with Crippen LogP contribution in [0.4, 0.5) is 5.95 Å². The SMILES string of the molecule is CCOc1cc(/C=C/C#N)cc(Cl)c1Oc1nc(NC23CC(C#N)(C2)C3)nc2c1[C@H](C)NC2=O. The van der Waals surface area contributed by atoms with Gasteiger partial charge in [-0.05, 0) is 56.9 Å². The van der Waals surface area contributed by atoms with Crippen LogP contribution < -0.4 is 20.1 Å². The quantitative estimate of drug-likeness (QED) is 0.557. The molecule has 0 spiro atoms. The molecule has 2 bridgehead atoms. The first kappa shape index (κ1) is 22.0. The van der Waals surface area contributed by atoms with E-state index in [2.05, 4.69) is 26.7 Å². The van der Waals surface area contributed by atoms with Crippen LogP contribution in [0, 0.1) is 28.1 Å². The molecule has 2 heterocycles. The number of nitrogens with one attached hydrogen (secondary N) is 2. The fraction of sp³-hybridized carbons (Fsp3) is 0.375. The van der Waals surface area contributed by atoms with Gasteiger partial charge in [0.25, 0.3) is 5.91 Å². The number of hydrogen-bond donors (Lipinski definition) is 2. The molecule has 0 saturated heterocycles. The number of rotatable bonds is 7. The van der Waals surface area contributed by atoms with Crippen molar-refractivity contribution in [3.63, 3.8) is 0 Å².